The number of nitrogens with one attached hydrogen (secondary N) is 6. The van der Waals surface area contributed by atoms with Crippen molar-refractivity contribution < 1.29 is 4.79 Å². The summed E-state index contributed by atoms with van der Waals surface area (Å²) in [7, 11) is 0. The summed E-state index contributed by atoms with van der Waals surface area (Å²) in [5, 5.41) is 18.6. The van der Waals surface area contributed by atoms with E-state index in [-0.39, 0.29) is 30.2 Å². The summed E-state index contributed by atoms with van der Waals surface area (Å²) in [6, 6.07) is 10.3. The van der Waals surface area contributed by atoms with Crippen molar-refractivity contribution in [2.24, 2.45) is 5.92 Å². The number of aromatic nitrogens is 2. The molecule has 4 atom stereocenters. The maximum Gasteiger partial charge on any atom is 0.242 e. The summed E-state index contributed by atoms with van der Waals surface area (Å²) in [4.78, 5) is 15.1. The normalized spacial score (nSPS) is 29.2. The van der Waals surface area contributed by atoms with Crippen LogP contribution in [0.3, 0.4) is 0 Å². The van der Waals surface area contributed by atoms with Crippen LogP contribution in [0, 0.1) is 5.92 Å². The fraction of sp³-hybridized carbons (Fsp3) is 0.524. The Labute approximate surface area is 182 Å². The molecular formula is C21H31N9O. The van der Waals surface area contributed by atoms with E-state index in [1.807, 2.05) is 35.3 Å². The molecule has 10 heteroatoms. The molecule has 4 heterocycles. The van der Waals surface area contributed by atoms with Gasteiger partial charge >= 0.3 is 0 Å². The Morgan fingerprint density at radius 1 is 1.10 bits per heavy atom. The van der Waals surface area contributed by atoms with Crippen molar-refractivity contribution in [3.05, 3.63) is 48.3 Å². The van der Waals surface area contributed by atoms with Gasteiger partial charge in [0, 0.05) is 51.5 Å². The molecule has 166 valence electrons. The van der Waals surface area contributed by atoms with Crippen LogP contribution < -0.4 is 32.1 Å². The van der Waals surface area contributed by atoms with E-state index in [4.69, 9.17) is 0 Å². The van der Waals surface area contributed by atoms with Crippen LogP contribution in [0.4, 0.5) is 5.69 Å². The standard InChI is InChI=1S/C21H31N9O/c31-21-18-17(13-23-28-21)26-19(15-4-2-1-3-5-15)27-20(18)25-16-12-24-30(14-16)11-10-29-8-6-22-7-9-29/h1-5,12,14,17-20,22-23,25-27H,6-11,13H2,(H,28,31). The van der Waals surface area contributed by atoms with Crippen LogP contribution >= 0.6 is 0 Å². The van der Waals surface area contributed by atoms with E-state index < -0.39 is 0 Å². The number of nitrogens with zero attached hydrogens (tertiary/aromatic N) is 3. The van der Waals surface area contributed by atoms with Gasteiger partial charge in [-0.3, -0.25) is 30.4 Å². The number of hydrogen-bond donors (Lipinski definition) is 6. The second-order valence-corrected chi connectivity index (χ2v) is 8.39. The van der Waals surface area contributed by atoms with Crippen molar-refractivity contribution in [3.63, 3.8) is 0 Å². The van der Waals surface area contributed by atoms with Gasteiger partial charge in [-0.15, -0.1) is 0 Å². The zero-order valence-electron chi connectivity index (χ0n) is 17.6. The molecule has 5 rings (SSSR count). The number of carbonyl (C=O) groups is 1. The van der Waals surface area contributed by atoms with Crippen molar-refractivity contribution >= 4 is 11.6 Å². The number of piperazine rings is 1. The smallest absolute Gasteiger partial charge is 0.242 e. The molecule has 3 saturated heterocycles. The van der Waals surface area contributed by atoms with Gasteiger partial charge in [0.25, 0.3) is 0 Å². The fourth-order valence-electron chi connectivity index (χ4n) is 4.62. The largest absolute Gasteiger partial charge is 0.366 e. The second kappa shape index (κ2) is 9.33. The molecule has 0 saturated carbocycles. The minimum absolute atomic E-state index is 0.0143. The van der Waals surface area contributed by atoms with Crippen molar-refractivity contribution in [2.45, 2.75) is 24.9 Å². The molecule has 0 bridgehead atoms. The molecule has 0 aliphatic carbocycles. The second-order valence-electron chi connectivity index (χ2n) is 8.39. The number of amides is 1. The lowest BCUT2D eigenvalue weighted by molar-refractivity contribution is -0.131. The van der Waals surface area contributed by atoms with E-state index in [1.54, 1.807) is 0 Å². The summed E-state index contributed by atoms with van der Waals surface area (Å²) in [5.74, 6) is -0.267. The van der Waals surface area contributed by atoms with Crippen molar-refractivity contribution in [1.82, 2.24) is 41.5 Å². The minimum atomic E-state index is -0.245. The first-order valence-corrected chi connectivity index (χ1v) is 11.1. The van der Waals surface area contributed by atoms with Crippen molar-refractivity contribution in [2.75, 3.05) is 44.6 Å². The van der Waals surface area contributed by atoms with Crippen molar-refractivity contribution in [1.29, 1.82) is 0 Å². The van der Waals surface area contributed by atoms with Gasteiger partial charge < -0.3 is 10.6 Å². The third-order valence-electron chi connectivity index (χ3n) is 6.30. The van der Waals surface area contributed by atoms with Gasteiger partial charge in [0.2, 0.25) is 5.91 Å². The van der Waals surface area contributed by atoms with Crippen LogP contribution in [0.15, 0.2) is 42.7 Å². The monoisotopic (exact) mass is 425 g/mol. The number of rotatable bonds is 6. The van der Waals surface area contributed by atoms with E-state index >= 15 is 0 Å². The van der Waals surface area contributed by atoms with E-state index in [2.05, 4.69) is 54.3 Å². The lowest BCUT2D eigenvalue weighted by atomic mass is 9.89. The van der Waals surface area contributed by atoms with Crippen molar-refractivity contribution in [3.8, 4) is 0 Å². The number of carbonyl (C=O) groups excluding carboxylic acids is 1. The van der Waals surface area contributed by atoms with Crippen LogP contribution in [0.2, 0.25) is 0 Å². The molecule has 1 aromatic carbocycles. The first kappa shape index (κ1) is 20.4. The summed E-state index contributed by atoms with van der Waals surface area (Å²) in [5.41, 5.74) is 7.83. The van der Waals surface area contributed by atoms with E-state index in [9.17, 15) is 4.79 Å². The van der Waals surface area contributed by atoms with Gasteiger partial charge in [-0.25, -0.2) is 5.43 Å². The molecule has 0 spiro atoms. The Kier molecular flexibility index (Phi) is 6.14. The van der Waals surface area contributed by atoms with Crippen LogP contribution in [0.1, 0.15) is 11.7 Å². The van der Waals surface area contributed by atoms with E-state index in [0.717, 1.165) is 50.5 Å². The highest BCUT2D eigenvalue weighted by molar-refractivity contribution is 5.81. The molecule has 3 aliphatic rings. The van der Waals surface area contributed by atoms with E-state index in [1.165, 1.54) is 0 Å². The van der Waals surface area contributed by atoms with Gasteiger partial charge in [0.05, 0.1) is 36.7 Å². The molecule has 3 fully saturated rings. The van der Waals surface area contributed by atoms with Crippen LogP contribution in [-0.4, -0.2) is 72.1 Å². The first-order valence-electron chi connectivity index (χ1n) is 11.1. The van der Waals surface area contributed by atoms with E-state index in [0.29, 0.717) is 6.54 Å². The fourth-order valence-corrected chi connectivity index (χ4v) is 4.62. The number of hydrogen-bond acceptors (Lipinski definition) is 8. The quantitative estimate of drug-likeness (QED) is 0.351. The summed E-state index contributed by atoms with van der Waals surface area (Å²) < 4.78 is 1.97. The first-order chi connectivity index (χ1) is 15.3. The maximum absolute atomic E-state index is 12.6. The van der Waals surface area contributed by atoms with Gasteiger partial charge in [-0.2, -0.15) is 5.10 Å². The Hall–Kier alpha value is -2.50. The third kappa shape index (κ3) is 4.73. The molecule has 0 radical (unpaired) electrons. The topological polar surface area (TPSA) is 110 Å². The molecule has 6 N–H and O–H groups in total. The average Bonchev–Trinajstić information content (AvgIpc) is 3.26. The Bertz CT molecular complexity index is 867. The molecular weight excluding hydrogens is 394 g/mol. The lowest BCUT2D eigenvalue weighted by Gasteiger charge is -2.45. The molecule has 10 nitrogen and oxygen atoms in total. The zero-order chi connectivity index (χ0) is 21.0. The number of hydrazine groups is 1. The summed E-state index contributed by atoms with van der Waals surface area (Å²) in [6.07, 6.45) is 3.60. The van der Waals surface area contributed by atoms with Crippen LogP contribution in [0.25, 0.3) is 0 Å². The molecule has 3 aliphatic heterocycles. The van der Waals surface area contributed by atoms with Gasteiger partial charge in [-0.1, -0.05) is 30.3 Å². The maximum atomic E-state index is 12.6. The highest BCUT2D eigenvalue weighted by atomic mass is 16.2. The summed E-state index contributed by atoms with van der Waals surface area (Å²) in [6.45, 7) is 6.78. The Morgan fingerprint density at radius 2 is 1.94 bits per heavy atom. The molecule has 31 heavy (non-hydrogen) atoms. The molecule has 2 aromatic rings. The van der Waals surface area contributed by atoms with Crippen LogP contribution in [-0.2, 0) is 11.3 Å². The molecule has 1 aromatic heterocycles. The van der Waals surface area contributed by atoms with Gasteiger partial charge in [-0.05, 0) is 5.56 Å². The highest BCUT2D eigenvalue weighted by Gasteiger charge is 2.44. The summed E-state index contributed by atoms with van der Waals surface area (Å²) >= 11 is 0. The number of fused-ring (bicyclic) bond motifs is 1. The average molecular weight is 426 g/mol. The number of benzene rings is 1. The Balaban J connectivity index is 1.27. The number of anilines is 1. The van der Waals surface area contributed by atoms with Gasteiger partial charge in [0.15, 0.2) is 0 Å². The third-order valence-corrected chi connectivity index (χ3v) is 6.30. The SMILES string of the molecule is O=C1NNCC2NC(c3ccccc3)NC(Nc3cnn(CCN4CCNCC4)c3)C12. The Morgan fingerprint density at radius 3 is 2.77 bits per heavy atom. The zero-order valence-corrected chi connectivity index (χ0v) is 17.6. The lowest BCUT2D eigenvalue weighted by Crippen LogP contribution is -2.71. The molecule has 1 amide bonds. The highest BCUT2D eigenvalue weighted by Crippen LogP contribution is 2.25. The van der Waals surface area contributed by atoms with Crippen LogP contribution in [0.5, 0.6) is 0 Å². The minimum Gasteiger partial charge on any atom is -0.366 e. The predicted octanol–water partition coefficient (Wildman–Crippen LogP) is -0.963. The van der Waals surface area contributed by atoms with Gasteiger partial charge in [0.1, 0.15) is 0 Å². The molecule has 4 unspecified atom stereocenters. The predicted molar refractivity (Wildman–Crippen MR) is 118 cm³/mol.